The maximum absolute atomic E-state index is 13.1. The van der Waals surface area contributed by atoms with E-state index in [0.29, 0.717) is 22.0 Å². The fourth-order valence-corrected chi connectivity index (χ4v) is 4.23. The number of phenolic OH excluding ortho intramolecular Hbond substituents is 1. The van der Waals surface area contributed by atoms with Gasteiger partial charge >= 0.3 is 6.18 Å². The van der Waals surface area contributed by atoms with Crippen molar-refractivity contribution in [1.29, 1.82) is 0 Å². The number of benzene rings is 3. The molecule has 6 nitrogen and oxygen atoms in total. The number of likely N-dealkylation sites (N-methyl/N-ethyl adjacent to an activating group) is 1. The van der Waals surface area contributed by atoms with Crippen molar-refractivity contribution in [3.05, 3.63) is 82.4 Å². The lowest BCUT2D eigenvalue weighted by atomic mass is 10.1. The van der Waals surface area contributed by atoms with Crippen LogP contribution in [0.3, 0.4) is 0 Å². The Labute approximate surface area is 218 Å². The molecule has 1 fully saturated rings. The molecule has 1 aliphatic heterocycles. The van der Waals surface area contributed by atoms with Crippen molar-refractivity contribution in [1.82, 2.24) is 4.90 Å². The quantitative estimate of drug-likeness (QED) is 0.408. The van der Waals surface area contributed by atoms with Crippen LogP contribution in [0.2, 0.25) is 5.02 Å². The van der Waals surface area contributed by atoms with Crippen LogP contribution in [-0.4, -0.2) is 55.7 Å². The first-order valence-corrected chi connectivity index (χ1v) is 12.1. The topological polar surface area (TPSA) is 65.0 Å². The zero-order chi connectivity index (χ0) is 26.6. The van der Waals surface area contributed by atoms with Gasteiger partial charge in [0, 0.05) is 49.4 Å². The first-order valence-electron chi connectivity index (χ1n) is 11.8. The number of aromatic hydroxyl groups is 1. The average Bonchev–Trinajstić information content (AvgIpc) is 2.86. The SMILES string of the molecule is CN1CCN(c2ccc(NC(=O)c3cc(Cl)ccc3O)c(OCCc3cccc(C(F)(F)F)c3)c2)CC1. The summed E-state index contributed by atoms with van der Waals surface area (Å²) < 4.78 is 45.2. The number of nitrogens with zero attached hydrogens (tertiary/aromatic N) is 2. The number of rotatable bonds is 7. The molecule has 0 saturated carbocycles. The predicted octanol–water partition coefficient (Wildman–Crippen LogP) is 5.69. The third-order valence-electron chi connectivity index (χ3n) is 6.19. The zero-order valence-electron chi connectivity index (χ0n) is 20.2. The largest absolute Gasteiger partial charge is 0.507 e. The Morgan fingerprint density at radius 1 is 1.05 bits per heavy atom. The fourth-order valence-electron chi connectivity index (χ4n) is 4.06. The van der Waals surface area contributed by atoms with Gasteiger partial charge in [-0.15, -0.1) is 0 Å². The van der Waals surface area contributed by atoms with E-state index in [1.807, 2.05) is 12.1 Å². The smallest absolute Gasteiger partial charge is 0.416 e. The number of amides is 1. The molecule has 196 valence electrons. The second-order valence-corrected chi connectivity index (χ2v) is 9.32. The monoisotopic (exact) mass is 533 g/mol. The summed E-state index contributed by atoms with van der Waals surface area (Å²) in [7, 11) is 2.06. The highest BCUT2D eigenvalue weighted by atomic mass is 35.5. The minimum Gasteiger partial charge on any atom is -0.507 e. The third kappa shape index (κ3) is 6.87. The van der Waals surface area contributed by atoms with Crippen LogP contribution in [0.5, 0.6) is 11.5 Å². The summed E-state index contributed by atoms with van der Waals surface area (Å²) >= 11 is 5.98. The van der Waals surface area contributed by atoms with E-state index in [2.05, 4.69) is 22.2 Å². The maximum Gasteiger partial charge on any atom is 0.416 e. The molecule has 0 aromatic heterocycles. The normalized spacial score (nSPS) is 14.5. The second kappa shape index (κ2) is 11.3. The molecular formula is C27H27ClF3N3O3. The van der Waals surface area contributed by atoms with E-state index in [1.54, 1.807) is 12.1 Å². The van der Waals surface area contributed by atoms with Crippen molar-refractivity contribution in [2.75, 3.05) is 50.1 Å². The van der Waals surface area contributed by atoms with Gasteiger partial charge < -0.3 is 25.0 Å². The molecule has 3 aromatic carbocycles. The molecule has 2 N–H and O–H groups in total. The van der Waals surface area contributed by atoms with Crippen molar-refractivity contribution in [3.8, 4) is 11.5 Å². The number of carbonyl (C=O) groups is 1. The lowest BCUT2D eigenvalue weighted by Crippen LogP contribution is -2.44. The van der Waals surface area contributed by atoms with Crippen LogP contribution in [0.4, 0.5) is 24.5 Å². The van der Waals surface area contributed by atoms with E-state index >= 15 is 0 Å². The Morgan fingerprint density at radius 3 is 2.54 bits per heavy atom. The molecule has 3 aromatic rings. The molecule has 0 aliphatic carbocycles. The van der Waals surface area contributed by atoms with Gasteiger partial charge in [-0.2, -0.15) is 13.2 Å². The predicted molar refractivity (Wildman–Crippen MR) is 138 cm³/mol. The molecule has 37 heavy (non-hydrogen) atoms. The average molecular weight is 534 g/mol. The van der Waals surface area contributed by atoms with Crippen LogP contribution in [0.15, 0.2) is 60.7 Å². The fraction of sp³-hybridized carbons (Fsp3) is 0.296. The van der Waals surface area contributed by atoms with E-state index in [1.165, 1.54) is 24.3 Å². The van der Waals surface area contributed by atoms with Gasteiger partial charge in [-0.1, -0.05) is 29.8 Å². The van der Waals surface area contributed by atoms with Gasteiger partial charge in [-0.25, -0.2) is 0 Å². The highest BCUT2D eigenvalue weighted by molar-refractivity contribution is 6.31. The first-order chi connectivity index (χ1) is 17.6. The Bertz CT molecular complexity index is 1260. The van der Waals surface area contributed by atoms with Gasteiger partial charge in [0.25, 0.3) is 5.91 Å². The van der Waals surface area contributed by atoms with E-state index in [4.69, 9.17) is 16.3 Å². The standard InChI is InChI=1S/C27H27ClF3N3O3/c1-33-10-12-34(13-11-33)21-6-7-23(32-26(36)22-16-20(28)5-8-24(22)35)25(17-21)37-14-9-18-3-2-4-19(15-18)27(29,30)31/h2-8,15-17,35H,9-14H2,1H3,(H,32,36). The third-order valence-corrected chi connectivity index (χ3v) is 6.42. The number of ether oxygens (including phenoxy) is 1. The van der Waals surface area contributed by atoms with Gasteiger partial charge in [-0.05, 0) is 49.0 Å². The molecule has 1 saturated heterocycles. The van der Waals surface area contributed by atoms with Crippen LogP contribution in [0, 0.1) is 0 Å². The summed E-state index contributed by atoms with van der Waals surface area (Å²) in [6.07, 6.45) is -4.18. The molecule has 0 unspecified atom stereocenters. The van der Waals surface area contributed by atoms with Crippen molar-refractivity contribution in [2.45, 2.75) is 12.6 Å². The Morgan fingerprint density at radius 2 is 1.81 bits per heavy atom. The van der Waals surface area contributed by atoms with Crippen molar-refractivity contribution in [2.24, 2.45) is 0 Å². The molecule has 0 spiro atoms. The number of alkyl halides is 3. The first kappa shape index (κ1) is 26.6. The number of carbonyl (C=O) groups excluding carboxylic acids is 1. The Balaban J connectivity index is 1.54. The second-order valence-electron chi connectivity index (χ2n) is 8.88. The highest BCUT2D eigenvalue weighted by Crippen LogP contribution is 2.33. The minimum absolute atomic E-state index is 0.00515. The van der Waals surface area contributed by atoms with Crippen molar-refractivity contribution >= 4 is 28.9 Å². The zero-order valence-corrected chi connectivity index (χ0v) is 20.9. The summed E-state index contributed by atoms with van der Waals surface area (Å²) in [6, 6.07) is 14.7. The summed E-state index contributed by atoms with van der Waals surface area (Å²) in [4.78, 5) is 17.3. The summed E-state index contributed by atoms with van der Waals surface area (Å²) in [5.41, 5.74) is 1.05. The number of hydrogen-bond acceptors (Lipinski definition) is 5. The Kier molecular flexibility index (Phi) is 8.14. The van der Waals surface area contributed by atoms with Crippen LogP contribution in [0.1, 0.15) is 21.5 Å². The van der Waals surface area contributed by atoms with Gasteiger partial charge in [0.05, 0.1) is 23.4 Å². The van der Waals surface area contributed by atoms with Gasteiger partial charge in [-0.3, -0.25) is 4.79 Å². The van der Waals surface area contributed by atoms with Crippen LogP contribution in [-0.2, 0) is 12.6 Å². The van der Waals surface area contributed by atoms with Crippen LogP contribution < -0.4 is 15.0 Å². The number of hydrogen-bond donors (Lipinski definition) is 2. The van der Waals surface area contributed by atoms with Crippen LogP contribution >= 0.6 is 11.6 Å². The number of anilines is 2. The number of piperazine rings is 1. The molecule has 0 radical (unpaired) electrons. The molecule has 1 heterocycles. The molecule has 10 heteroatoms. The molecular weight excluding hydrogens is 507 g/mol. The number of halogens is 4. The molecule has 1 aliphatic rings. The highest BCUT2D eigenvalue weighted by Gasteiger charge is 2.30. The lowest BCUT2D eigenvalue weighted by Gasteiger charge is -2.34. The van der Waals surface area contributed by atoms with Gasteiger partial charge in [0.2, 0.25) is 0 Å². The maximum atomic E-state index is 13.1. The molecule has 0 atom stereocenters. The minimum atomic E-state index is -4.42. The van der Waals surface area contributed by atoms with Crippen molar-refractivity contribution in [3.63, 3.8) is 0 Å². The van der Waals surface area contributed by atoms with Crippen LogP contribution in [0.25, 0.3) is 0 Å². The van der Waals surface area contributed by atoms with Gasteiger partial charge in [0.15, 0.2) is 0 Å². The summed E-state index contributed by atoms with van der Waals surface area (Å²) in [5.74, 6) is -0.420. The van der Waals surface area contributed by atoms with E-state index in [0.717, 1.165) is 44.0 Å². The van der Waals surface area contributed by atoms with E-state index in [-0.39, 0.29) is 24.3 Å². The summed E-state index contributed by atoms with van der Waals surface area (Å²) in [6.45, 7) is 3.54. The van der Waals surface area contributed by atoms with Crippen molar-refractivity contribution < 1.29 is 27.8 Å². The molecule has 1 amide bonds. The molecule has 0 bridgehead atoms. The molecule has 4 rings (SSSR count). The van der Waals surface area contributed by atoms with E-state index in [9.17, 15) is 23.1 Å². The Hall–Kier alpha value is -3.43. The lowest BCUT2D eigenvalue weighted by molar-refractivity contribution is -0.137. The summed E-state index contributed by atoms with van der Waals surface area (Å²) in [5, 5.41) is 13.1. The van der Waals surface area contributed by atoms with E-state index < -0.39 is 17.6 Å². The van der Waals surface area contributed by atoms with Gasteiger partial charge in [0.1, 0.15) is 11.5 Å². The number of phenols is 1. The number of nitrogens with one attached hydrogen (secondary N) is 1.